The molecule has 2 aromatic rings. The topological polar surface area (TPSA) is 75.2 Å². The van der Waals surface area contributed by atoms with Crippen molar-refractivity contribution in [3.05, 3.63) is 28.9 Å². The summed E-state index contributed by atoms with van der Waals surface area (Å²) in [4.78, 5) is 32.7. The van der Waals surface area contributed by atoms with Crippen LogP contribution in [-0.4, -0.2) is 28.5 Å². The highest BCUT2D eigenvalue weighted by Gasteiger charge is 2.26. The number of amides is 3. The van der Waals surface area contributed by atoms with E-state index in [9.17, 15) is 9.59 Å². The third-order valence-corrected chi connectivity index (χ3v) is 3.32. The number of aromatic nitrogens is 2. The van der Waals surface area contributed by atoms with Gasteiger partial charge < -0.3 is 0 Å². The molecule has 19 heavy (non-hydrogen) atoms. The molecule has 3 rings (SSSR count). The molecule has 1 aliphatic rings. The van der Waals surface area contributed by atoms with Crippen molar-refractivity contribution in [3.8, 4) is 0 Å². The van der Waals surface area contributed by atoms with Crippen LogP contribution in [0.3, 0.4) is 0 Å². The zero-order valence-corrected chi connectivity index (χ0v) is 11.3. The predicted octanol–water partition coefficient (Wildman–Crippen LogP) is 1.84. The fourth-order valence-electron chi connectivity index (χ4n) is 1.87. The number of imide groups is 1. The summed E-state index contributed by atoms with van der Waals surface area (Å²) in [6.45, 7) is 0.296. The van der Waals surface area contributed by atoms with E-state index in [2.05, 4.69) is 31.2 Å². The Bertz CT molecular complexity index is 688. The van der Waals surface area contributed by atoms with Crippen LogP contribution in [0.15, 0.2) is 28.9 Å². The van der Waals surface area contributed by atoms with Gasteiger partial charge in [-0.1, -0.05) is 22.0 Å². The van der Waals surface area contributed by atoms with Crippen LogP contribution in [0.4, 0.5) is 10.7 Å². The first kappa shape index (κ1) is 12.0. The summed E-state index contributed by atoms with van der Waals surface area (Å²) in [5, 5.41) is 3.14. The number of hydrogen-bond donors (Lipinski definition) is 1. The average molecular weight is 321 g/mol. The largest absolute Gasteiger partial charge is 0.330 e. The van der Waals surface area contributed by atoms with E-state index in [1.54, 1.807) is 6.20 Å². The van der Waals surface area contributed by atoms with Gasteiger partial charge in [-0.25, -0.2) is 14.8 Å². The third-order valence-electron chi connectivity index (χ3n) is 2.83. The second-order valence-electron chi connectivity index (χ2n) is 4.13. The number of halogens is 1. The third kappa shape index (κ3) is 2.28. The molecule has 0 saturated carbocycles. The van der Waals surface area contributed by atoms with Crippen LogP contribution >= 0.6 is 15.9 Å². The van der Waals surface area contributed by atoms with Crippen molar-refractivity contribution in [2.75, 3.05) is 11.4 Å². The lowest BCUT2D eigenvalue weighted by atomic mass is 10.2. The molecule has 1 aromatic heterocycles. The minimum Gasteiger partial charge on any atom is -0.278 e. The van der Waals surface area contributed by atoms with Crippen molar-refractivity contribution < 1.29 is 9.59 Å². The number of benzene rings is 1. The predicted molar refractivity (Wildman–Crippen MR) is 72.7 cm³/mol. The lowest BCUT2D eigenvalue weighted by Gasteiger charge is -2.24. The lowest BCUT2D eigenvalue weighted by molar-refractivity contribution is -0.120. The summed E-state index contributed by atoms with van der Waals surface area (Å²) in [7, 11) is 0. The van der Waals surface area contributed by atoms with Crippen molar-refractivity contribution >= 4 is 44.7 Å². The Labute approximate surface area is 117 Å². The number of urea groups is 1. The van der Waals surface area contributed by atoms with Gasteiger partial charge in [-0.15, -0.1) is 0 Å². The molecule has 1 aromatic carbocycles. The molecule has 0 bridgehead atoms. The first-order valence-corrected chi connectivity index (χ1v) is 6.46. The Morgan fingerprint density at radius 2 is 2.16 bits per heavy atom. The first-order valence-electron chi connectivity index (χ1n) is 5.67. The van der Waals surface area contributed by atoms with Crippen molar-refractivity contribution in [3.63, 3.8) is 0 Å². The number of anilines is 1. The van der Waals surface area contributed by atoms with E-state index in [4.69, 9.17) is 0 Å². The molecule has 0 atom stereocenters. The minimum atomic E-state index is -0.481. The molecule has 96 valence electrons. The molecule has 1 N–H and O–H groups in total. The van der Waals surface area contributed by atoms with Crippen molar-refractivity contribution in [2.45, 2.75) is 6.42 Å². The number of hydrogen-bond acceptors (Lipinski definition) is 4. The number of carbonyl (C=O) groups excluding carboxylic acids is 2. The Kier molecular flexibility index (Phi) is 2.90. The molecule has 1 fully saturated rings. The second-order valence-corrected chi connectivity index (χ2v) is 5.04. The molecule has 0 aliphatic carbocycles. The van der Waals surface area contributed by atoms with E-state index in [1.807, 2.05) is 18.2 Å². The van der Waals surface area contributed by atoms with Gasteiger partial charge in [0.25, 0.3) is 0 Å². The maximum atomic E-state index is 11.7. The smallest absolute Gasteiger partial charge is 0.278 e. The van der Waals surface area contributed by atoms with Gasteiger partial charge in [-0.2, -0.15) is 0 Å². The monoisotopic (exact) mass is 320 g/mol. The van der Waals surface area contributed by atoms with Crippen LogP contribution in [0.25, 0.3) is 10.9 Å². The summed E-state index contributed by atoms with van der Waals surface area (Å²) in [5.41, 5.74) is 0.740. The van der Waals surface area contributed by atoms with Crippen molar-refractivity contribution in [1.29, 1.82) is 0 Å². The van der Waals surface area contributed by atoms with Gasteiger partial charge in [-0.05, 0) is 12.1 Å². The summed E-state index contributed by atoms with van der Waals surface area (Å²) in [6.07, 6.45) is 1.92. The standard InChI is InChI=1S/C12H9BrN4O2/c13-8-2-1-7-6-14-11(15-9(7)5-8)17-4-3-10(18)16-12(17)19/h1-2,5-6H,3-4H2,(H,16,18,19). The van der Waals surface area contributed by atoms with Crippen LogP contribution in [0, 0.1) is 0 Å². The van der Waals surface area contributed by atoms with Gasteiger partial charge in [0.05, 0.1) is 5.52 Å². The number of nitrogens with one attached hydrogen (secondary N) is 1. The van der Waals surface area contributed by atoms with Gasteiger partial charge in [0, 0.05) is 29.0 Å². The Hall–Kier alpha value is -2.02. The van der Waals surface area contributed by atoms with Gasteiger partial charge in [0.2, 0.25) is 11.9 Å². The van der Waals surface area contributed by atoms with E-state index in [0.29, 0.717) is 12.5 Å². The molecular weight excluding hydrogens is 312 g/mol. The Morgan fingerprint density at radius 1 is 1.32 bits per heavy atom. The molecule has 7 heteroatoms. The van der Waals surface area contributed by atoms with Gasteiger partial charge in [0.1, 0.15) is 0 Å². The van der Waals surface area contributed by atoms with Crippen molar-refractivity contribution in [2.24, 2.45) is 0 Å². The average Bonchev–Trinajstić information content (AvgIpc) is 2.38. The van der Waals surface area contributed by atoms with Gasteiger partial charge in [0.15, 0.2) is 0 Å². The zero-order chi connectivity index (χ0) is 13.4. The van der Waals surface area contributed by atoms with Crippen LogP contribution in [-0.2, 0) is 4.79 Å². The Balaban J connectivity index is 2.01. The van der Waals surface area contributed by atoms with E-state index >= 15 is 0 Å². The zero-order valence-electron chi connectivity index (χ0n) is 9.76. The van der Waals surface area contributed by atoms with Crippen molar-refractivity contribution in [1.82, 2.24) is 15.3 Å². The van der Waals surface area contributed by atoms with Crippen LogP contribution < -0.4 is 10.2 Å². The van der Waals surface area contributed by atoms with Crippen LogP contribution in [0.5, 0.6) is 0 Å². The lowest BCUT2D eigenvalue weighted by Crippen LogP contribution is -2.50. The Morgan fingerprint density at radius 3 is 2.95 bits per heavy atom. The van der Waals surface area contributed by atoms with Gasteiger partial charge >= 0.3 is 6.03 Å². The minimum absolute atomic E-state index is 0.256. The molecular formula is C12H9BrN4O2. The van der Waals surface area contributed by atoms with E-state index in [0.717, 1.165) is 15.4 Å². The van der Waals surface area contributed by atoms with E-state index < -0.39 is 6.03 Å². The van der Waals surface area contributed by atoms with E-state index in [1.165, 1.54) is 4.90 Å². The maximum absolute atomic E-state index is 11.7. The molecule has 2 heterocycles. The molecule has 0 unspecified atom stereocenters. The molecule has 0 radical (unpaired) electrons. The first-order chi connectivity index (χ1) is 9.13. The summed E-state index contributed by atoms with van der Waals surface area (Å²) in [6, 6.07) is 5.17. The normalized spacial score (nSPS) is 15.7. The molecule has 6 nitrogen and oxygen atoms in total. The molecule has 1 aliphatic heterocycles. The highest BCUT2D eigenvalue weighted by molar-refractivity contribution is 9.10. The summed E-state index contributed by atoms with van der Waals surface area (Å²) >= 11 is 3.37. The maximum Gasteiger partial charge on any atom is 0.330 e. The van der Waals surface area contributed by atoms with Crippen LogP contribution in [0.2, 0.25) is 0 Å². The van der Waals surface area contributed by atoms with Crippen LogP contribution in [0.1, 0.15) is 6.42 Å². The number of fused-ring (bicyclic) bond motifs is 1. The number of rotatable bonds is 1. The van der Waals surface area contributed by atoms with E-state index in [-0.39, 0.29) is 12.3 Å². The fourth-order valence-corrected chi connectivity index (χ4v) is 2.22. The highest BCUT2D eigenvalue weighted by atomic mass is 79.9. The fraction of sp³-hybridized carbons (Fsp3) is 0.167. The number of carbonyl (C=O) groups is 2. The summed E-state index contributed by atoms with van der Waals surface area (Å²) < 4.78 is 0.905. The molecule has 0 spiro atoms. The molecule has 1 saturated heterocycles. The number of nitrogens with zero attached hydrogens (tertiary/aromatic N) is 3. The highest BCUT2D eigenvalue weighted by Crippen LogP contribution is 2.20. The second kappa shape index (κ2) is 4.58. The quantitative estimate of drug-likeness (QED) is 0.870. The molecule has 3 amide bonds. The van der Waals surface area contributed by atoms with Gasteiger partial charge in [-0.3, -0.25) is 15.0 Å². The summed E-state index contributed by atoms with van der Waals surface area (Å²) in [5.74, 6) is 0.0281. The SMILES string of the molecule is O=C1CCN(c2ncc3ccc(Br)cc3n2)C(=O)N1.